The minimum absolute atomic E-state index is 0.0218. The maximum Gasteiger partial charge on any atom is 0.258 e. The van der Waals surface area contributed by atoms with E-state index in [-0.39, 0.29) is 11.3 Å². The number of pyridine rings is 1. The molecule has 21 heavy (non-hydrogen) atoms. The summed E-state index contributed by atoms with van der Waals surface area (Å²) in [6, 6.07) is 4.67. The molecule has 0 saturated carbocycles. The molecular formula is C15H20N4O2. The molecule has 1 saturated heterocycles. The van der Waals surface area contributed by atoms with Crippen LogP contribution in [0.4, 0.5) is 0 Å². The topological polar surface area (TPSA) is 69.9 Å². The van der Waals surface area contributed by atoms with Crippen LogP contribution in [0, 0.1) is 0 Å². The minimum Gasteiger partial charge on any atom is -0.504 e. The molecule has 2 N–H and O–H groups in total. The van der Waals surface area contributed by atoms with Crippen molar-refractivity contribution in [2.24, 2.45) is 0 Å². The number of hydrogen-bond donors (Lipinski definition) is 2. The number of nitrogens with one attached hydrogen (secondary N) is 1. The van der Waals surface area contributed by atoms with Crippen LogP contribution in [0.3, 0.4) is 0 Å². The number of hydrogen-bond acceptors (Lipinski definition) is 5. The fraction of sp³-hybridized carbons (Fsp3) is 0.467. The normalized spacial score (nSPS) is 15.8. The van der Waals surface area contributed by atoms with Gasteiger partial charge in [0.15, 0.2) is 11.4 Å². The molecule has 2 aromatic rings. The monoisotopic (exact) mass is 288 g/mol. The largest absolute Gasteiger partial charge is 0.504 e. The lowest BCUT2D eigenvalue weighted by molar-refractivity contribution is 0.335. The van der Waals surface area contributed by atoms with Crippen LogP contribution < -0.4 is 10.9 Å². The number of likely N-dealkylation sites (tertiary alicyclic amines) is 1. The van der Waals surface area contributed by atoms with E-state index in [0.717, 1.165) is 13.1 Å². The zero-order chi connectivity index (χ0) is 14.7. The number of rotatable bonds is 5. The Morgan fingerprint density at radius 2 is 2.14 bits per heavy atom. The summed E-state index contributed by atoms with van der Waals surface area (Å²) >= 11 is 0. The molecule has 0 aliphatic carbocycles. The lowest BCUT2D eigenvalue weighted by Crippen LogP contribution is -2.30. The summed E-state index contributed by atoms with van der Waals surface area (Å²) in [6.07, 6.45) is 4.19. The van der Waals surface area contributed by atoms with Crippen LogP contribution in [0.1, 0.15) is 18.5 Å². The van der Waals surface area contributed by atoms with Crippen LogP contribution in [0.25, 0.3) is 5.65 Å². The highest BCUT2D eigenvalue weighted by atomic mass is 16.3. The first-order valence-electron chi connectivity index (χ1n) is 7.37. The molecule has 0 atom stereocenters. The second-order valence-corrected chi connectivity index (χ2v) is 5.40. The predicted octanol–water partition coefficient (Wildman–Crippen LogP) is 0.585. The lowest BCUT2D eigenvalue weighted by Gasteiger charge is -2.14. The average molecular weight is 288 g/mol. The summed E-state index contributed by atoms with van der Waals surface area (Å²) in [5.74, 6) is 0.0218. The van der Waals surface area contributed by atoms with Crippen LogP contribution in [0.5, 0.6) is 5.75 Å². The summed E-state index contributed by atoms with van der Waals surface area (Å²) in [4.78, 5) is 18.7. The Kier molecular flexibility index (Phi) is 4.17. The van der Waals surface area contributed by atoms with Crippen molar-refractivity contribution in [1.29, 1.82) is 0 Å². The van der Waals surface area contributed by atoms with Gasteiger partial charge in [-0.2, -0.15) is 0 Å². The zero-order valence-electron chi connectivity index (χ0n) is 12.0. The van der Waals surface area contributed by atoms with E-state index < -0.39 is 0 Å². The highest BCUT2D eigenvalue weighted by Crippen LogP contribution is 2.13. The van der Waals surface area contributed by atoms with Crippen molar-refractivity contribution in [2.75, 3.05) is 26.2 Å². The first-order chi connectivity index (χ1) is 10.2. The Labute approximate surface area is 123 Å². The van der Waals surface area contributed by atoms with Gasteiger partial charge in [-0.05, 0) is 38.1 Å². The minimum atomic E-state index is -0.174. The Morgan fingerprint density at radius 3 is 2.95 bits per heavy atom. The zero-order valence-corrected chi connectivity index (χ0v) is 12.0. The molecule has 0 spiro atoms. The maximum atomic E-state index is 12.0. The Morgan fingerprint density at radius 1 is 1.33 bits per heavy atom. The average Bonchev–Trinajstić information content (AvgIpc) is 2.98. The van der Waals surface area contributed by atoms with E-state index in [1.807, 2.05) is 0 Å². The molecule has 0 bridgehead atoms. The van der Waals surface area contributed by atoms with E-state index in [1.165, 1.54) is 42.5 Å². The van der Waals surface area contributed by atoms with E-state index >= 15 is 0 Å². The van der Waals surface area contributed by atoms with Gasteiger partial charge in [0.2, 0.25) is 0 Å². The number of aromatic hydroxyl groups is 1. The van der Waals surface area contributed by atoms with Crippen LogP contribution in [-0.2, 0) is 6.54 Å². The number of nitrogens with zero attached hydrogens (tertiary/aromatic N) is 3. The second kappa shape index (κ2) is 6.24. The van der Waals surface area contributed by atoms with Gasteiger partial charge in [0.1, 0.15) is 0 Å². The lowest BCUT2D eigenvalue weighted by atomic mass is 10.3. The van der Waals surface area contributed by atoms with Gasteiger partial charge in [0.25, 0.3) is 5.56 Å². The smallest absolute Gasteiger partial charge is 0.258 e. The number of aromatic nitrogens is 2. The molecule has 1 aliphatic rings. The Hall–Kier alpha value is -1.92. The van der Waals surface area contributed by atoms with E-state index in [9.17, 15) is 9.90 Å². The summed E-state index contributed by atoms with van der Waals surface area (Å²) in [5, 5.41) is 13.1. The molecule has 1 fully saturated rings. The van der Waals surface area contributed by atoms with Crippen molar-refractivity contribution in [2.45, 2.75) is 19.4 Å². The Bertz CT molecular complexity index is 677. The molecule has 1 aliphatic heterocycles. The van der Waals surface area contributed by atoms with Gasteiger partial charge in [-0.15, -0.1) is 0 Å². The number of fused-ring (bicyclic) bond motifs is 1. The first-order valence-corrected chi connectivity index (χ1v) is 7.37. The molecule has 0 amide bonds. The highest BCUT2D eigenvalue weighted by molar-refractivity contribution is 5.52. The van der Waals surface area contributed by atoms with E-state index in [0.29, 0.717) is 17.9 Å². The summed E-state index contributed by atoms with van der Waals surface area (Å²) < 4.78 is 1.35. The van der Waals surface area contributed by atoms with Gasteiger partial charge in [-0.25, -0.2) is 4.98 Å². The van der Waals surface area contributed by atoms with Crippen LogP contribution in [-0.4, -0.2) is 45.6 Å². The highest BCUT2D eigenvalue weighted by Gasteiger charge is 2.10. The van der Waals surface area contributed by atoms with Crippen molar-refractivity contribution < 1.29 is 5.11 Å². The summed E-state index contributed by atoms with van der Waals surface area (Å²) in [7, 11) is 0. The molecule has 6 nitrogen and oxygen atoms in total. The Balaban J connectivity index is 1.64. The fourth-order valence-corrected chi connectivity index (χ4v) is 2.71. The van der Waals surface area contributed by atoms with E-state index in [4.69, 9.17) is 0 Å². The SMILES string of the molecule is O=c1cc(CNCCN2CCCC2)nc2c(O)cccn12. The molecule has 0 unspecified atom stereocenters. The summed E-state index contributed by atoms with van der Waals surface area (Å²) in [6.45, 7) is 4.81. The third kappa shape index (κ3) is 3.22. The second-order valence-electron chi connectivity index (χ2n) is 5.40. The third-order valence-corrected chi connectivity index (χ3v) is 3.83. The van der Waals surface area contributed by atoms with Crippen LogP contribution >= 0.6 is 0 Å². The third-order valence-electron chi connectivity index (χ3n) is 3.83. The molecule has 112 valence electrons. The van der Waals surface area contributed by atoms with Gasteiger partial charge in [-0.3, -0.25) is 9.20 Å². The standard InChI is InChI=1S/C15H20N4O2/c20-13-4-3-8-19-14(21)10-12(17-15(13)19)11-16-5-9-18-6-1-2-7-18/h3-4,8,10,16,20H,1-2,5-7,9,11H2. The van der Waals surface area contributed by atoms with Gasteiger partial charge in [-0.1, -0.05) is 0 Å². The predicted molar refractivity (Wildman–Crippen MR) is 80.5 cm³/mol. The maximum absolute atomic E-state index is 12.0. The van der Waals surface area contributed by atoms with Gasteiger partial charge in [0, 0.05) is 31.9 Å². The van der Waals surface area contributed by atoms with E-state index in [2.05, 4.69) is 15.2 Å². The van der Waals surface area contributed by atoms with Gasteiger partial charge in [0.05, 0.1) is 5.69 Å². The molecule has 3 heterocycles. The molecule has 0 radical (unpaired) electrons. The summed E-state index contributed by atoms with van der Waals surface area (Å²) in [5.41, 5.74) is 0.788. The molecule has 0 aromatic carbocycles. The van der Waals surface area contributed by atoms with Crippen molar-refractivity contribution in [3.63, 3.8) is 0 Å². The van der Waals surface area contributed by atoms with Gasteiger partial charge >= 0.3 is 0 Å². The van der Waals surface area contributed by atoms with Crippen molar-refractivity contribution in [1.82, 2.24) is 19.6 Å². The van der Waals surface area contributed by atoms with Crippen LogP contribution in [0.15, 0.2) is 29.2 Å². The molecule has 6 heteroatoms. The molecular weight excluding hydrogens is 268 g/mol. The van der Waals surface area contributed by atoms with Crippen LogP contribution in [0.2, 0.25) is 0 Å². The van der Waals surface area contributed by atoms with Crippen molar-refractivity contribution in [3.8, 4) is 5.75 Å². The molecule has 3 rings (SSSR count). The quantitative estimate of drug-likeness (QED) is 0.788. The van der Waals surface area contributed by atoms with E-state index in [1.54, 1.807) is 12.3 Å². The first kappa shape index (κ1) is 14.0. The molecule has 2 aromatic heterocycles. The van der Waals surface area contributed by atoms with Crippen molar-refractivity contribution >= 4 is 5.65 Å². The van der Waals surface area contributed by atoms with Gasteiger partial charge < -0.3 is 15.3 Å². The van der Waals surface area contributed by atoms with Crippen molar-refractivity contribution in [3.05, 3.63) is 40.4 Å². The fourth-order valence-electron chi connectivity index (χ4n) is 2.71.